The third-order valence-corrected chi connectivity index (χ3v) is 2.78. The third-order valence-electron chi connectivity index (χ3n) is 2.78. The van der Waals surface area contributed by atoms with E-state index in [4.69, 9.17) is 0 Å². The molecule has 1 aliphatic rings. The van der Waals surface area contributed by atoms with Gasteiger partial charge in [0.2, 0.25) is 0 Å². The van der Waals surface area contributed by atoms with Gasteiger partial charge in [0.15, 0.2) is 0 Å². The molecule has 2 rings (SSSR count). The van der Waals surface area contributed by atoms with Crippen LogP contribution in [-0.2, 0) is 13.0 Å². The highest BCUT2D eigenvalue weighted by Crippen LogP contribution is 2.15. The molecular weight excluding hydrogens is 177 g/mol. The van der Waals surface area contributed by atoms with Gasteiger partial charge in [0.05, 0.1) is 0 Å². The molecule has 4 heteroatoms. The second-order valence-electron chi connectivity index (χ2n) is 3.85. The lowest BCUT2D eigenvalue weighted by molar-refractivity contribution is 0.313. The molecule has 0 bridgehead atoms. The largest absolute Gasteiger partial charge is 0.488 e. The molecule has 1 aliphatic heterocycles. The molecule has 74 valence electrons. The summed E-state index contributed by atoms with van der Waals surface area (Å²) in [4.78, 5) is 2.19. The average Bonchev–Trinajstić information content (AvgIpc) is 2.16. The minimum absolute atomic E-state index is 0.647. The molecular formula is C10H14BNO2. The highest BCUT2D eigenvalue weighted by atomic mass is 16.4. The van der Waals surface area contributed by atoms with Gasteiger partial charge in [-0.1, -0.05) is 18.2 Å². The van der Waals surface area contributed by atoms with Gasteiger partial charge < -0.3 is 14.9 Å². The Balaban J connectivity index is 2.43. The summed E-state index contributed by atoms with van der Waals surface area (Å²) in [5.74, 6) is 0. The molecule has 0 unspecified atom stereocenters. The number of likely N-dealkylation sites (N-methyl/N-ethyl adjacent to an activating group) is 1. The van der Waals surface area contributed by atoms with Crippen LogP contribution in [0.4, 0.5) is 0 Å². The predicted octanol–water partition coefficient (Wildman–Crippen LogP) is -0.646. The van der Waals surface area contributed by atoms with E-state index < -0.39 is 7.12 Å². The molecule has 1 aromatic rings. The molecule has 0 amide bonds. The van der Waals surface area contributed by atoms with E-state index in [1.54, 1.807) is 6.07 Å². The first kappa shape index (κ1) is 9.71. The van der Waals surface area contributed by atoms with E-state index in [1.807, 2.05) is 13.1 Å². The Morgan fingerprint density at radius 2 is 2.14 bits per heavy atom. The molecule has 0 saturated heterocycles. The first-order chi connectivity index (χ1) is 6.68. The molecule has 2 N–H and O–H groups in total. The van der Waals surface area contributed by atoms with Crippen LogP contribution in [0.25, 0.3) is 0 Å². The summed E-state index contributed by atoms with van der Waals surface area (Å²) in [6.45, 7) is 1.85. The number of benzene rings is 1. The number of fused-ring (bicyclic) bond motifs is 1. The maximum absolute atomic E-state index is 9.20. The minimum Gasteiger partial charge on any atom is -0.423 e. The Bertz CT molecular complexity index is 341. The van der Waals surface area contributed by atoms with Crippen molar-refractivity contribution in [3.05, 3.63) is 29.3 Å². The monoisotopic (exact) mass is 191 g/mol. The summed E-state index contributed by atoms with van der Waals surface area (Å²) in [5, 5.41) is 18.4. The highest BCUT2D eigenvalue weighted by Gasteiger charge is 2.21. The summed E-state index contributed by atoms with van der Waals surface area (Å²) in [6.07, 6.45) is 0.992. The van der Waals surface area contributed by atoms with Gasteiger partial charge in [0, 0.05) is 13.1 Å². The van der Waals surface area contributed by atoms with E-state index in [9.17, 15) is 10.0 Å². The normalized spacial score (nSPS) is 16.5. The zero-order valence-electron chi connectivity index (χ0n) is 8.27. The van der Waals surface area contributed by atoms with Crippen molar-refractivity contribution < 1.29 is 10.0 Å². The molecule has 14 heavy (non-hydrogen) atoms. The molecule has 0 atom stereocenters. The van der Waals surface area contributed by atoms with E-state index in [-0.39, 0.29) is 0 Å². The van der Waals surface area contributed by atoms with E-state index in [2.05, 4.69) is 11.0 Å². The van der Waals surface area contributed by atoms with Gasteiger partial charge in [-0.2, -0.15) is 0 Å². The molecule has 0 aliphatic carbocycles. The fourth-order valence-electron chi connectivity index (χ4n) is 1.98. The molecule has 1 aromatic carbocycles. The molecule has 0 saturated carbocycles. The molecule has 0 radical (unpaired) electrons. The van der Waals surface area contributed by atoms with Gasteiger partial charge >= 0.3 is 7.12 Å². The Labute approximate surface area is 84.1 Å². The van der Waals surface area contributed by atoms with E-state index in [0.717, 1.165) is 25.1 Å². The van der Waals surface area contributed by atoms with Crippen LogP contribution < -0.4 is 5.46 Å². The van der Waals surface area contributed by atoms with Crippen molar-refractivity contribution in [2.45, 2.75) is 13.0 Å². The van der Waals surface area contributed by atoms with E-state index in [0.29, 0.717) is 5.46 Å². The molecule has 1 heterocycles. The van der Waals surface area contributed by atoms with Crippen molar-refractivity contribution in [1.29, 1.82) is 0 Å². The number of rotatable bonds is 1. The van der Waals surface area contributed by atoms with E-state index in [1.165, 1.54) is 5.56 Å². The van der Waals surface area contributed by atoms with Crippen molar-refractivity contribution in [3.63, 3.8) is 0 Å². The van der Waals surface area contributed by atoms with Crippen molar-refractivity contribution in [3.8, 4) is 0 Å². The van der Waals surface area contributed by atoms with Crippen LogP contribution in [0, 0.1) is 0 Å². The summed E-state index contributed by atoms with van der Waals surface area (Å²) < 4.78 is 0. The fourth-order valence-corrected chi connectivity index (χ4v) is 1.98. The zero-order chi connectivity index (χ0) is 10.1. The lowest BCUT2D eigenvalue weighted by Gasteiger charge is -2.26. The van der Waals surface area contributed by atoms with Gasteiger partial charge in [-0.3, -0.25) is 0 Å². The van der Waals surface area contributed by atoms with Crippen LogP contribution >= 0.6 is 0 Å². The van der Waals surface area contributed by atoms with Crippen LogP contribution in [0.1, 0.15) is 11.1 Å². The van der Waals surface area contributed by atoms with Crippen LogP contribution in [0.2, 0.25) is 0 Å². The Hall–Kier alpha value is -0.835. The maximum Gasteiger partial charge on any atom is 0.488 e. The zero-order valence-corrected chi connectivity index (χ0v) is 8.27. The summed E-state index contributed by atoms with van der Waals surface area (Å²) >= 11 is 0. The van der Waals surface area contributed by atoms with Crippen LogP contribution in [0.15, 0.2) is 18.2 Å². The van der Waals surface area contributed by atoms with Gasteiger partial charge in [-0.05, 0) is 30.1 Å². The lowest BCUT2D eigenvalue weighted by Crippen LogP contribution is -2.38. The summed E-state index contributed by atoms with van der Waals surface area (Å²) in [7, 11) is 0.695. The fraction of sp³-hybridized carbons (Fsp3) is 0.400. The van der Waals surface area contributed by atoms with E-state index >= 15 is 0 Å². The second-order valence-corrected chi connectivity index (χ2v) is 3.85. The van der Waals surface area contributed by atoms with Crippen molar-refractivity contribution in [1.82, 2.24) is 4.90 Å². The second kappa shape index (κ2) is 3.73. The van der Waals surface area contributed by atoms with Crippen LogP contribution in [-0.4, -0.2) is 35.7 Å². The smallest absolute Gasteiger partial charge is 0.423 e. The Kier molecular flexibility index (Phi) is 2.59. The third kappa shape index (κ3) is 1.69. The average molecular weight is 191 g/mol. The van der Waals surface area contributed by atoms with Gasteiger partial charge in [0.25, 0.3) is 0 Å². The number of hydrogen-bond acceptors (Lipinski definition) is 3. The Morgan fingerprint density at radius 3 is 2.86 bits per heavy atom. The standard InChI is InChI=1S/C10H14BNO2/c1-12-6-5-8-3-2-4-10(11(13)14)9(8)7-12/h2-4,13-14H,5-7H2,1H3. The molecule has 0 fully saturated rings. The molecule has 3 nitrogen and oxygen atoms in total. The van der Waals surface area contributed by atoms with Crippen LogP contribution in [0.5, 0.6) is 0 Å². The highest BCUT2D eigenvalue weighted by molar-refractivity contribution is 6.59. The molecule has 0 spiro atoms. The number of hydrogen-bond donors (Lipinski definition) is 2. The van der Waals surface area contributed by atoms with Gasteiger partial charge in [-0.15, -0.1) is 0 Å². The predicted molar refractivity (Wildman–Crippen MR) is 56.3 cm³/mol. The van der Waals surface area contributed by atoms with Gasteiger partial charge in [-0.25, -0.2) is 0 Å². The summed E-state index contributed by atoms with van der Waals surface area (Å²) in [6, 6.07) is 5.73. The molecule has 0 aromatic heterocycles. The lowest BCUT2D eigenvalue weighted by atomic mass is 9.74. The van der Waals surface area contributed by atoms with Crippen LogP contribution in [0.3, 0.4) is 0 Å². The maximum atomic E-state index is 9.20. The van der Waals surface area contributed by atoms with Crippen molar-refractivity contribution >= 4 is 12.6 Å². The topological polar surface area (TPSA) is 43.7 Å². The first-order valence-electron chi connectivity index (χ1n) is 4.84. The SMILES string of the molecule is CN1CCc2cccc(B(O)O)c2C1. The number of nitrogens with zero attached hydrogens (tertiary/aromatic N) is 1. The minimum atomic E-state index is -1.35. The van der Waals surface area contributed by atoms with Crippen molar-refractivity contribution in [2.24, 2.45) is 0 Å². The quantitative estimate of drug-likeness (QED) is 0.580. The first-order valence-corrected chi connectivity index (χ1v) is 4.84. The van der Waals surface area contributed by atoms with Gasteiger partial charge in [0.1, 0.15) is 0 Å². The summed E-state index contributed by atoms with van der Waals surface area (Å²) in [5.41, 5.74) is 2.97. The van der Waals surface area contributed by atoms with Crippen molar-refractivity contribution in [2.75, 3.05) is 13.6 Å². The Morgan fingerprint density at radius 1 is 1.36 bits per heavy atom.